The lowest BCUT2D eigenvalue weighted by Crippen LogP contribution is -2.52. The van der Waals surface area contributed by atoms with Gasteiger partial charge in [0.1, 0.15) is 6.54 Å². The standard InChI is InChI=1S/C27H30N4O/c1-28-22-31(25-15-9-4-10-16-25)21-26(32)29-17-19-30(20-18-29)27(23-11-5-2-6-12-23)24-13-7-3-8-14-24/h2-16,22,27H,17-21H2,1H3/b28-22-. The van der Waals surface area contributed by atoms with Crippen molar-refractivity contribution in [3.05, 3.63) is 102 Å². The van der Waals surface area contributed by atoms with E-state index in [9.17, 15) is 4.79 Å². The molecule has 1 aliphatic rings. The quantitative estimate of drug-likeness (QED) is 0.422. The van der Waals surface area contributed by atoms with Gasteiger partial charge >= 0.3 is 0 Å². The number of rotatable bonds is 7. The summed E-state index contributed by atoms with van der Waals surface area (Å²) in [6, 6.07) is 31.4. The van der Waals surface area contributed by atoms with Gasteiger partial charge in [0.15, 0.2) is 0 Å². The van der Waals surface area contributed by atoms with E-state index in [-0.39, 0.29) is 11.9 Å². The predicted molar refractivity (Wildman–Crippen MR) is 131 cm³/mol. The first-order valence-electron chi connectivity index (χ1n) is 11.1. The van der Waals surface area contributed by atoms with E-state index in [0.717, 1.165) is 31.9 Å². The van der Waals surface area contributed by atoms with Crippen LogP contribution in [0.5, 0.6) is 0 Å². The number of para-hydroxylation sites is 1. The summed E-state index contributed by atoms with van der Waals surface area (Å²) in [5, 5.41) is 0. The topological polar surface area (TPSA) is 39.2 Å². The Kier molecular flexibility index (Phi) is 7.31. The van der Waals surface area contributed by atoms with Gasteiger partial charge in [-0.15, -0.1) is 0 Å². The highest BCUT2D eigenvalue weighted by Crippen LogP contribution is 2.29. The number of benzene rings is 3. The van der Waals surface area contributed by atoms with Crippen molar-refractivity contribution >= 4 is 17.9 Å². The Hall–Kier alpha value is -3.44. The molecule has 3 aromatic rings. The molecule has 5 heteroatoms. The Morgan fingerprint density at radius 3 is 1.84 bits per heavy atom. The van der Waals surface area contributed by atoms with Crippen LogP contribution >= 0.6 is 0 Å². The summed E-state index contributed by atoms with van der Waals surface area (Å²) >= 11 is 0. The molecule has 0 N–H and O–H groups in total. The fourth-order valence-corrected chi connectivity index (χ4v) is 4.32. The second-order valence-corrected chi connectivity index (χ2v) is 7.98. The van der Waals surface area contributed by atoms with E-state index in [1.165, 1.54) is 11.1 Å². The van der Waals surface area contributed by atoms with Gasteiger partial charge in [0.05, 0.1) is 12.4 Å². The smallest absolute Gasteiger partial charge is 0.242 e. The number of carbonyl (C=O) groups is 1. The van der Waals surface area contributed by atoms with Gasteiger partial charge in [-0.25, -0.2) is 0 Å². The molecule has 164 valence electrons. The normalized spacial score (nSPS) is 14.8. The second-order valence-electron chi connectivity index (χ2n) is 7.98. The molecular weight excluding hydrogens is 396 g/mol. The Bertz CT molecular complexity index is 960. The zero-order valence-electron chi connectivity index (χ0n) is 18.5. The van der Waals surface area contributed by atoms with Crippen molar-refractivity contribution in [3.63, 3.8) is 0 Å². The fraction of sp³-hybridized carbons (Fsp3) is 0.259. The van der Waals surface area contributed by atoms with Crippen LogP contribution in [-0.4, -0.2) is 61.8 Å². The van der Waals surface area contributed by atoms with Crippen LogP contribution in [0.4, 0.5) is 5.69 Å². The molecule has 0 spiro atoms. The van der Waals surface area contributed by atoms with Crippen molar-refractivity contribution < 1.29 is 4.79 Å². The lowest BCUT2D eigenvalue weighted by atomic mass is 9.96. The van der Waals surface area contributed by atoms with Crippen molar-refractivity contribution in [2.24, 2.45) is 4.99 Å². The zero-order valence-corrected chi connectivity index (χ0v) is 18.5. The lowest BCUT2D eigenvalue weighted by molar-refractivity contribution is -0.131. The molecule has 32 heavy (non-hydrogen) atoms. The van der Waals surface area contributed by atoms with Gasteiger partial charge in [-0.2, -0.15) is 0 Å². The number of amides is 1. The highest BCUT2D eigenvalue weighted by molar-refractivity contribution is 5.90. The molecule has 0 unspecified atom stereocenters. The molecule has 0 bridgehead atoms. The van der Waals surface area contributed by atoms with Gasteiger partial charge in [-0.3, -0.25) is 14.7 Å². The van der Waals surface area contributed by atoms with E-state index in [0.29, 0.717) is 6.54 Å². The van der Waals surface area contributed by atoms with Crippen LogP contribution in [-0.2, 0) is 4.79 Å². The minimum atomic E-state index is 0.129. The lowest BCUT2D eigenvalue weighted by Gasteiger charge is -2.40. The number of nitrogens with zero attached hydrogens (tertiary/aromatic N) is 4. The maximum absolute atomic E-state index is 13.1. The van der Waals surface area contributed by atoms with Crippen molar-refractivity contribution in [3.8, 4) is 0 Å². The minimum absolute atomic E-state index is 0.129. The molecule has 1 aliphatic heterocycles. The van der Waals surface area contributed by atoms with E-state index >= 15 is 0 Å². The molecule has 0 saturated carbocycles. The monoisotopic (exact) mass is 426 g/mol. The number of hydrogen-bond donors (Lipinski definition) is 0. The maximum atomic E-state index is 13.1. The summed E-state index contributed by atoms with van der Waals surface area (Å²) in [6.45, 7) is 3.42. The minimum Gasteiger partial charge on any atom is -0.339 e. The number of carbonyl (C=O) groups excluding carboxylic acids is 1. The van der Waals surface area contributed by atoms with Crippen molar-refractivity contribution in [1.29, 1.82) is 0 Å². The molecule has 0 aromatic heterocycles. The summed E-state index contributed by atoms with van der Waals surface area (Å²) < 4.78 is 0. The third-order valence-corrected chi connectivity index (χ3v) is 5.91. The molecular formula is C27H30N4O. The summed E-state index contributed by atoms with van der Waals surface area (Å²) in [6.07, 6.45) is 1.73. The largest absolute Gasteiger partial charge is 0.339 e. The maximum Gasteiger partial charge on any atom is 0.242 e. The van der Waals surface area contributed by atoms with E-state index in [1.54, 1.807) is 13.4 Å². The Morgan fingerprint density at radius 1 is 0.844 bits per heavy atom. The number of hydrogen-bond acceptors (Lipinski definition) is 3. The summed E-state index contributed by atoms with van der Waals surface area (Å²) in [5.41, 5.74) is 3.54. The average molecular weight is 427 g/mol. The Balaban J connectivity index is 1.43. The number of piperazine rings is 1. The zero-order chi connectivity index (χ0) is 22.2. The first-order valence-corrected chi connectivity index (χ1v) is 11.1. The van der Waals surface area contributed by atoms with Crippen molar-refractivity contribution in [2.45, 2.75) is 6.04 Å². The molecule has 5 nitrogen and oxygen atoms in total. The van der Waals surface area contributed by atoms with Crippen molar-refractivity contribution in [1.82, 2.24) is 9.80 Å². The van der Waals surface area contributed by atoms with Crippen LogP contribution in [0.2, 0.25) is 0 Å². The summed E-state index contributed by atoms with van der Waals surface area (Å²) in [4.78, 5) is 23.6. The first kappa shape index (κ1) is 21.8. The van der Waals surface area contributed by atoms with Gasteiger partial charge in [-0.1, -0.05) is 78.9 Å². The molecule has 4 rings (SSSR count). The third kappa shape index (κ3) is 5.24. The molecule has 0 atom stereocenters. The van der Waals surface area contributed by atoms with Crippen LogP contribution in [0.1, 0.15) is 17.2 Å². The van der Waals surface area contributed by atoms with Gasteiger partial charge in [0.25, 0.3) is 0 Å². The fourth-order valence-electron chi connectivity index (χ4n) is 4.32. The van der Waals surface area contributed by atoms with E-state index in [1.807, 2.05) is 40.1 Å². The van der Waals surface area contributed by atoms with Gasteiger partial charge in [0.2, 0.25) is 5.91 Å². The van der Waals surface area contributed by atoms with E-state index in [2.05, 4.69) is 70.6 Å². The molecule has 1 saturated heterocycles. The molecule has 1 heterocycles. The summed E-state index contributed by atoms with van der Waals surface area (Å²) in [7, 11) is 1.73. The van der Waals surface area contributed by atoms with Crippen LogP contribution in [0.15, 0.2) is 96.0 Å². The van der Waals surface area contributed by atoms with Crippen LogP contribution < -0.4 is 4.90 Å². The Morgan fingerprint density at radius 2 is 1.34 bits per heavy atom. The third-order valence-electron chi connectivity index (χ3n) is 5.91. The van der Waals surface area contributed by atoms with E-state index in [4.69, 9.17) is 0 Å². The predicted octanol–water partition coefficient (Wildman–Crippen LogP) is 4.08. The van der Waals surface area contributed by atoms with Gasteiger partial charge < -0.3 is 9.80 Å². The second kappa shape index (κ2) is 10.7. The van der Waals surface area contributed by atoms with Gasteiger partial charge in [0, 0.05) is 38.9 Å². The SMILES string of the molecule is C/N=C\N(CC(=O)N1CCN(C(c2ccccc2)c2ccccc2)CC1)c1ccccc1. The molecule has 1 amide bonds. The highest BCUT2D eigenvalue weighted by atomic mass is 16.2. The molecule has 0 aliphatic carbocycles. The van der Waals surface area contributed by atoms with E-state index < -0.39 is 0 Å². The Labute approximate surface area is 190 Å². The van der Waals surface area contributed by atoms with Crippen LogP contribution in [0.3, 0.4) is 0 Å². The van der Waals surface area contributed by atoms with Crippen molar-refractivity contribution in [2.75, 3.05) is 44.7 Å². The number of aliphatic imine (C=N–C) groups is 1. The van der Waals surface area contributed by atoms with Crippen LogP contribution in [0.25, 0.3) is 0 Å². The first-order chi connectivity index (χ1) is 15.8. The van der Waals surface area contributed by atoms with Gasteiger partial charge in [-0.05, 0) is 23.3 Å². The molecule has 1 fully saturated rings. The molecule has 3 aromatic carbocycles. The molecule has 0 radical (unpaired) electrons. The highest BCUT2D eigenvalue weighted by Gasteiger charge is 2.28. The van der Waals surface area contributed by atoms with Crippen LogP contribution in [0, 0.1) is 0 Å². The number of anilines is 1. The average Bonchev–Trinajstić information content (AvgIpc) is 2.86. The summed E-state index contributed by atoms with van der Waals surface area (Å²) in [5.74, 6) is 0.129.